The molecule has 1 spiro atoms. The number of ether oxygens (including phenoxy) is 1. The van der Waals surface area contributed by atoms with Crippen molar-refractivity contribution in [3.63, 3.8) is 0 Å². The summed E-state index contributed by atoms with van der Waals surface area (Å²) in [6, 6.07) is 15.1. The highest BCUT2D eigenvalue weighted by atomic mass is 16.5. The number of rotatable bonds is 7. The number of likely N-dealkylation sites (tertiary alicyclic amines) is 1. The topological polar surface area (TPSA) is 87.7 Å². The normalized spacial score (nSPS) is 32.3. The number of benzene rings is 2. The maximum Gasteiger partial charge on any atom is 0.246 e. The first kappa shape index (κ1) is 26.8. The van der Waals surface area contributed by atoms with Crippen molar-refractivity contribution >= 4 is 23.4 Å². The Bertz CT molecular complexity index is 1340. The Morgan fingerprint density at radius 1 is 1.02 bits per heavy atom. The Balaban J connectivity index is 1.30. The molecule has 3 amide bonds. The van der Waals surface area contributed by atoms with Crippen LogP contribution in [0.4, 0.5) is 5.69 Å². The van der Waals surface area contributed by atoms with Crippen molar-refractivity contribution < 1.29 is 19.1 Å². The number of nitrogens with zero attached hydrogens (tertiary/aromatic N) is 1. The van der Waals surface area contributed by atoms with Gasteiger partial charge in [0.15, 0.2) is 0 Å². The van der Waals surface area contributed by atoms with Gasteiger partial charge < -0.3 is 20.3 Å². The predicted octanol–water partition coefficient (Wildman–Crippen LogP) is 4.33. The van der Waals surface area contributed by atoms with E-state index in [9.17, 15) is 14.4 Å². The molecule has 1 aliphatic carbocycles. The number of hydrogen-bond acceptors (Lipinski definition) is 4. The summed E-state index contributed by atoms with van der Waals surface area (Å²) in [5.74, 6) is -1.67. The summed E-state index contributed by atoms with van der Waals surface area (Å²) in [6.45, 7) is 6.58. The van der Waals surface area contributed by atoms with Gasteiger partial charge in [0.25, 0.3) is 0 Å². The molecule has 3 aliphatic heterocycles. The van der Waals surface area contributed by atoms with Gasteiger partial charge in [-0.25, -0.2) is 0 Å². The number of anilines is 1. The molecule has 0 radical (unpaired) electrons. The monoisotopic (exact) mass is 541 g/mol. The highest BCUT2D eigenvalue weighted by Crippen LogP contribution is 2.55. The van der Waals surface area contributed by atoms with Crippen LogP contribution in [0.25, 0.3) is 0 Å². The molecule has 2 bridgehead atoms. The van der Waals surface area contributed by atoms with Crippen LogP contribution in [0.15, 0.2) is 60.7 Å². The van der Waals surface area contributed by atoms with Crippen LogP contribution in [0.1, 0.15) is 49.3 Å². The Morgan fingerprint density at radius 2 is 1.80 bits per heavy atom. The van der Waals surface area contributed by atoms with Gasteiger partial charge in [-0.2, -0.15) is 0 Å². The minimum absolute atomic E-state index is 0.0775. The molecule has 0 aromatic heterocycles. The lowest BCUT2D eigenvalue weighted by Crippen LogP contribution is -2.57. The maximum absolute atomic E-state index is 14.2. The van der Waals surface area contributed by atoms with Crippen molar-refractivity contribution in [3.05, 3.63) is 77.4 Å². The van der Waals surface area contributed by atoms with Gasteiger partial charge in [-0.3, -0.25) is 14.4 Å². The van der Waals surface area contributed by atoms with Gasteiger partial charge in [-0.15, -0.1) is 0 Å². The van der Waals surface area contributed by atoms with Crippen LogP contribution < -0.4 is 10.6 Å². The van der Waals surface area contributed by atoms with Crippen molar-refractivity contribution in [2.75, 3.05) is 11.9 Å². The zero-order chi connectivity index (χ0) is 28.0. The molecule has 0 unspecified atom stereocenters. The third-order valence-electron chi connectivity index (χ3n) is 9.41. The standard InChI is InChI=1S/C33H39N3O4/c1-20-11-13-23(14-12-20)16-18-36-29(31(38)35-25-10-5-4-8-22(25)3)33-17-15-26(40-33)27(28(33)32(36)39)30(37)34-24-9-6-7-21(2)19-24/h6-7,9,11-15,17,19,22,25-29H,4-5,8,10,16,18H2,1-3H3,(H,34,37)(H,35,38)/t22-,25-,26-,27+,28-,29-,33-/m0/s1. The van der Waals surface area contributed by atoms with E-state index in [2.05, 4.69) is 41.8 Å². The number of carbonyl (C=O) groups is 3. The summed E-state index contributed by atoms with van der Waals surface area (Å²) >= 11 is 0. The third kappa shape index (κ3) is 4.64. The second-order valence-corrected chi connectivity index (χ2v) is 12.2. The molecule has 6 rings (SSSR count). The Kier molecular flexibility index (Phi) is 7.03. The molecule has 4 aliphatic rings. The zero-order valence-corrected chi connectivity index (χ0v) is 23.6. The summed E-state index contributed by atoms with van der Waals surface area (Å²) in [5.41, 5.74) is 2.85. The predicted molar refractivity (Wildman–Crippen MR) is 153 cm³/mol. The second kappa shape index (κ2) is 10.5. The molecule has 2 N–H and O–H groups in total. The van der Waals surface area contributed by atoms with Gasteiger partial charge in [0.1, 0.15) is 11.6 Å². The lowest BCUT2D eigenvalue weighted by atomic mass is 9.74. The first-order chi connectivity index (χ1) is 19.3. The van der Waals surface area contributed by atoms with E-state index in [0.717, 1.165) is 30.4 Å². The molecule has 1 saturated carbocycles. The number of amides is 3. The smallest absolute Gasteiger partial charge is 0.246 e. The first-order valence-corrected chi connectivity index (χ1v) is 14.7. The van der Waals surface area contributed by atoms with Gasteiger partial charge in [-0.05, 0) is 62.3 Å². The van der Waals surface area contributed by atoms with Crippen LogP contribution in [0.3, 0.4) is 0 Å². The fourth-order valence-corrected chi connectivity index (χ4v) is 7.25. The van der Waals surface area contributed by atoms with Crippen LogP contribution in [-0.4, -0.2) is 53.0 Å². The molecule has 3 fully saturated rings. The van der Waals surface area contributed by atoms with Crippen molar-refractivity contribution in [1.29, 1.82) is 0 Å². The van der Waals surface area contributed by atoms with Crippen LogP contribution in [0.2, 0.25) is 0 Å². The van der Waals surface area contributed by atoms with E-state index in [1.807, 2.05) is 50.3 Å². The van der Waals surface area contributed by atoms with E-state index >= 15 is 0 Å². The van der Waals surface area contributed by atoms with Gasteiger partial charge in [-0.1, -0.05) is 73.9 Å². The van der Waals surface area contributed by atoms with Gasteiger partial charge >= 0.3 is 0 Å². The molecule has 3 heterocycles. The van der Waals surface area contributed by atoms with Crippen LogP contribution in [0.5, 0.6) is 0 Å². The lowest BCUT2D eigenvalue weighted by Gasteiger charge is -2.36. The minimum Gasteiger partial charge on any atom is -0.359 e. The number of nitrogens with one attached hydrogen (secondary N) is 2. The van der Waals surface area contributed by atoms with E-state index < -0.39 is 29.6 Å². The first-order valence-electron chi connectivity index (χ1n) is 14.7. The highest BCUT2D eigenvalue weighted by Gasteiger charge is 2.72. The fraction of sp³-hybridized carbons (Fsp3) is 0.485. The van der Waals surface area contributed by atoms with E-state index in [-0.39, 0.29) is 23.8 Å². The summed E-state index contributed by atoms with van der Waals surface area (Å²) in [7, 11) is 0. The number of fused-ring (bicyclic) bond motifs is 1. The number of aryl methyl sites for hydroxylation is 2. The molecule has 2 aromatic carbocycles. The molecule has 210 valence electrons. The molecule has 2 saturated heterocycles. The molecule has 7 nitrogen and oxygen atoms in total. The third-order valence-corrected chi connectivity index (χ3v) is 9.41. The summed E-state index contributed by atoms with van der Waals surface area (Å²) in [6.07, 6.45) is 8.12. The van der Waals surface area contributed by atoms with Crippen molar-refractivity contribution in [3.8, 4) is 0 Å². The molecular formula is C33H39N3O4. The summed E-state index contributed by atoms with van der Waals surface area (Å²) in [4.78, 5) is 43.6. The highest BCUT2D eigenvalue weighted by molar-refractivity contribution is 6.02. The lowest BCUT2D eigenvalue weighted by molar-refractivity contribution is -0.141. The Morgan fingerprint density at radius 3 is 2.55 bits per heavy atom. The average Bonchev–Trinajstić information content (AvgIpc) is 3.57. The molecule has 2 aromatic rings. The van der Waals surface area contributed by atoms with E-state index in [1.165, 1.54) is 12.0 Å². The summed E-state index contributed by atoms with van der Waals surface area (Å²) in [5, 5.41) is 6.31. The molecule has 40 heavy (non-hydrogen) atoms. The SMILES string of the molecule is Cc1ccc(CCN2C(=O)[C@@H]3[C@H](C(=O)Nc4cccc(C)c4)[C@@H]4C=C[C@@]3(O4)[C@@H]2C(=O)N[C@H]2CCCC[C@@H]2C)cc1. The van der Waals surface area contributed by atoms with Crippen molar-refractivity contribution in [1.82, 2.24) is 10.2 Å². The van der Waals surface area contributed by atoms with Crippen molar-refractivity contribution in [2.45, 2.75) is 76.7 Å². The van der Waals surface area contributed by atoms with Gasteiger partial charge in [0.2, 0.25) is 17.7 Å². The average molecular weight is 542 g/mol. The Labute approximate surface area is 236 Å². The van der Waals surface area contributed by atoms with Gasteiger partial charge in [0, 0.05) is 18.3 Å². The second-order valence-electron chi connectivity index (χ2n) is 12.2. The maximum atomic E-state index is 14.2. The summed E-state index contributed by atoms with van der Waals surface area (Å²) < 4.78 is 6.50. The largest absolute Gasteiger partial charge is 0.359 e. The molecule has 7 atom stereocenters. The van der Waals surface area contributed by atoms with E-state index in [4.69, 9.17) is 4.74 Å². The fourth-order valence-electron chi connectivity index (χ4n) is 7.25. The minimum atomic E-state index is -1.15. The van der Waals surface area contributed by atoms with Crippen LogP contribution in [0, 0.1) is 31.6 Å². The van der Waals surface area contributed by atoms with E-state index in [1.54, 1.807) is 4.90 Å². The number of carbonyl (C=O) groups excluding carboxylic acids is 3. The number of hydrogen-bond donors (Lipinski definition) is 2. The quantitative estimate of drug-likeness (QED) is 0.511. The van der Waals surface area contributed by atoms with Crippen molar-refractivity contribution in [2.24, 2.45) is 17.8 Å². The van der Waals surface area contributed by atoms with Crippen LogP contribution in [-0.2, 0) is 25.5 Å². The zero-order valence-electron chi connectivity index (χ0n) is 23.6. The van der Waals surface area contributed by atoms with E-state index in [0.29, 0.717) is 24.6 Å². The molecule has 7 heteroatoms. The van der Waals surface area contributed by atoms with Gasteiger partial charge in [0.05, 0.1) is 17.9 Å². The van der Waals surface area contributed by atoms with Crippen LogP contribution >= 0.6 is 0 Å². The molecular weight excluding hydrogens is 502 g/mol. The Hall–Kier alpha value is -3.45.